The highest BCUT2D eigenvalue weighted by Gasteiger charge is 2.36. The molecule has 1 saturated heterocycles. The van der Waals surface area contributed by atoms with E-state index in [1.165, 1.54) is 7.11 Å². The van der Waals surface area contributed by atoms with Gasteiger partial charge in [0.15, 0.2) is 0 Å². The first-order chi connectivity index (χ1) is 12.6. The van der Waals surface area contributed by atoms with Crippen molar-refractivity contribution in [2.75, 3.05) is 7.11 Å². The summed E-state index contributed by atoms with van der Waals surface area (Å²) in [5, 5.41) is 20.3. The predicted molar refractivity (Wildman–Crippen MR) is 103 cm³/mol. The maximum Gasteiger partial charge on any atom is 0.305 e. The Bertz CT molecular complexity index is 432. The normalized spacial score (nSPS) is 24.5. The largest absolute Gasteiger partial charge is 0.469 e. The highest BCUT2D eigenvalue weighted by Crippen LogP contribution is 2.27. The summed E-state index contributed by atoms with van der Waals surface area (Å²) in [4.78, 5) is 11.0. The number of hydrogen-bond donors (Lipinski definition) is 2. The topological polar surface area (TPSA) is 76.0 Å². The van der Waals surface area contributed by atoms with Crippen molar-refractivity contribution < 1.29 is 24.5 Å². The summed E-state index contributed by atoms with van der Waals surface area (Å²) in [6, 6.07) is 0. The predicted octanol–water partition coefficient (Wildman–Crippen LogP) is 3.68. The number of ether oxygens (including phenoxy) is 2. The number of carbonyl (C=O) groups is 1. The number of carbonyl (C=O) groups excluding carboxylic acids is 1. The maximum atomic E-state index is 11.0. The number of allylic oxidation sites excluding steroid dienone is 3. The third-order valence-corrected chi connectivity index (χ3v) is 4.74. The second-order valence-corrected chi connectivity index (χ2v) is 6.96. The molecule has 0 aliphatic carbocycles. The third-order valence-electron chi connectivity index (χ3n) is 4.74. The van der Waals surface area contributed by atoms with Crippen molar-refractivity contribution in [3.05, 3.63) is 24.3 Å². The van der Waals surface area contributed by atoms with Crippen molar-refractivity contribution in [2.45, 2.75) is 95.5 Å². The molecule has 2 N–H and O–H groups in total. The summed E-state index contributed by atoms with van der Waals surface area (Å²) in [6.07, 6.45) is 14.9. The molecule has 0 radical (unpaired) electrons. The second-order valence-electron chi connectivity index (χ2n) is 6.96. The van der Waals surface area contributed by atoms with Gasteiger partial charge in [-0.1, -0.05) is 50.5 Å². The molecule has 4 atom stereocenters. The molecule has 26 heavy (non-hydrogen) atoms. The summed E-state index contributed by atoms with van der Waals surface area (Å²) >= 11 is 0. The third kappa shape index (κ3) is 9.51. The first-order valence-electron chi connectivity index (χ1n) is 9.96. The molecule has 0 amide bonds. The van der Waals surface area contributed by atoms with Gasteiger partial charge in [0, 0.05) is 12.8 Å². The van der Waals surface area contributed by atoms with Crippen LogP contribution in [0.15, 0.2) is 24.3 Å². The van der Waals surface area contributed by atoms with E-state index >= 15 is 0 Å². The van der Waals surface area contributed by atoms with Crippen LogP contribution in [0.2, 0.25) is 0 Å². The number of aliphatic hydroxyl groups is 2. The zero-order valence-corrected chi connectivity index (χ0v) is 16.3. The van der Waals surface area contributed by atoms with Crippen molar-refractivity contribution in [1.82, 2.24) is 0 Å². The second kappa shape index (κ2) is 14.0. The Morgan fingerprint density at radius 3 is 2.73 bits per heavy atom. The smallest absolute Gasteiger partial charge is 0.305 e. The molecule has 1 rings (SSSR count). The molecule has 2 unspecified atom stereocenters. The van der Waals surface area contributed by atoms with Crippen molar-refractivity contribution in [3.63, 3.8) is 0 Å². The molecule has 1 fully saturated rings. The zero-order valence-electron chi connectivity index (χ0n) is 16.3. The summed E-state index contributed by atoms with van der Waals surface area (Å²) in [5.74, 6) is -0.167. The monoisotopic (exact) mass is 368 g/mol. The summed E-state index contributed by atoms with van der Waals surface area (Å²) < 4.78 is 10.4. The van der Waals surface area contributed by atoms with Crippen LogP contribution in [0, 0.1) is 0 Å². The Labute approximate surface area is 158 Å². The van der Waals surface area contributed by atoms with E-state index in [1.54, 1.807) is 0 Å². The van der Waals surface area contributed by atoms with Gasteiger partial charge >= 0.3 is 5.97 Å². The maximum absolute atomic E-state index is 11.0. The molecular weight excluding hydrogens is 332 g/mol. The van der Waals surface area contributed by atoms with Crippen LogP contribution >= 0.6 is 0 Å². The van der Waals surface area contributed by atoms with Gasteiger partial charge in [-0.25, -0.2) is 0 Å². The van der Waals surface area contributed by atoms with Gasteiger partial charge in [0.2, 0.25) is 0 Å². The Morgan fingerprint density at radius 2 is 2.00 bits per heavy atom. The molecule has 0 aromatic heterocycles. The van der Waals surface area contributed by atoms with Gasteiger partial charge < -0.3 is 19.7 Å². The molecule has 1 heterocycles. The van der Waals surface area contributed by atoms with Gasteiger partial charge in [0.05, 0.1) is 31.5 Å². The highest BCUT2D eigenvalue weighted by atomic mass is 16.5. The molecule has 5 heteroatoms. The number of hydrogen-bond acceptors (Lipinski definition) is 5. The quantitative estimate of drug-likeness (QED) is 0.295. The van der Waals surface area contributed by atoms with Gasteiger partial charge in [-0.15, -0.1) is 0 Å². The van der Waals surface area contributed by atoms with E-state index in [4.69, 9.17) is 4.74 Å². The van der Waals surface area contributed by atoms with Crippen molar-refractivity contribution >= 4 is 5.97 Å². The van der Waals surface area contributed by atoms with Crippen LogP contribution in [0.4, 0.5) is 0 Å². The van der Waals surface area contributed by atoms with E-state index in [1.807, 2.05) is 12.2 Å². The molecule has 1 aliphatic heterocycles. The molecular formula is C21H36O5. The van der Waals surface area contributed by atoms with E-state index in [2.05, 4.69) is 23.8 Å². The molecule has 0 aromatic rings. The highest BCUT2D eigenvalue weighted by molar-refractivity contribution is 5.69. The minimum absolute atomic E-state index is 0.127. The fourth-order valence-corrected chi connectivity index (χ4v) is 3.11. The Hall–Kier alpha value is -1.17. The standard InChI is InChI=1S/C21H36O5/c1-3-4-10-14-19-18(23)16-20(26-19)17(22)13-11-8-6-5-7-9-12-15-21(24)25-2/h5,7-8,11,17-20,22-23H,3-4,6,9-10,12-16H2,1-2H3/b7-5-,11-8-/t17?,18-,19?,20+/m0/s1. The van der Waals surface area contributed by atoms with Crippen molar-refractivity contribution in [1.29, 1.82) is 0 Å². The van der Waals surface area contributed by atoms with Crippen LogP contribution in [-0.2, 0) is 14.3 Å². The zero-order chi connectivity index (χ0) is 19.2. The van der Waals surface area contributed by atoms with E-state index in [9.17, 15) is 15.0 Å². The van der Waals surface area contributed by atoms with Crippen molar-refractivity contribution in [2.24, 2.45) is 0 Å². The summed E-state index contributed by atoms with van der Waals surface area (Å²) in [6.45, 7) is 2.16. The number of aliphatic hydroxyl groups excluding tert-OH is 2. The molecule has 150 valence electrons. The van der Waals surface area contributed by atoms with Gasteiger partial charge in [0.25, 0.3) is 0 Å². The lowest BCUT2D eigenvalue weighted by atomic mass is 10.0. The van der Waals surface area contributed by atoms with Crippen LogP contribution in [0.5, 0.6) is 0 Å². The number of unbranched alkanes of at least 4 members (excludes halogenated alkanes) is 3. The van der Waals surface area contributed by atoms with E-state index in [0.717, 1.165) is 44.9 Å². The minimum Gasteiger partial charge on any atom is -0.469 e. The van der Waals surface area contributed by atoms with E-state index in [0.29, 0.717) is 19.3 Å². The van der Waals surface area contributed by atoms with E-state index in [-0.39, 0.29) is 18.2 Å². The Balaban J connectivity index is 2.14. The van der Waals surface area contributed by atoms with Gasteiger partial charge in [-0.05, 0) is 32.1 Å². The summed E-state index contributed by atoms with van der Waals surface area (Å²) in [7, 11) is 1.40. The molecule has 0 spiro atoms. The first-order valence-corrected chi connectivity index (χ1v) is 9.96. The van der Waals surface area contributed by atoms with E-state index < -0.39 is 12.2 Å². The molecule has 0 saturated carbocycles. The van der Waals surface area contributed by atoms with Crippen LogP contribution in [0.1, 0.15) is 71.1 Å². The molecule has 1 aliphatic rings. The lowest BCUT2D eigenvalue weighted by Crippen LogP contribution is -2.25. The van der Waals surface area contributed by atoms with Crippen LogP contribution in [-0.4, -0.2) is 47.7 Å². The number of methoxy groups -OCH3 is 1. The fourth-order valence-electron chi connectivity index (χ4n) is 3.11. The van der Waals surface area contributed by atoms with Crippen LogP contribution in [0.25, 0.3) is 0 Å². The average Bonchev–Trinajstić information content (AvgIpc) is 3.01. The SMILES string of the molecule is CCCCCC1O[C@@H](C(O)C/C=C\C/C=C\CCCC(=O)OC)C[C@@H]1O. The fraction of sp³-hybridized carbons (Fsp3) is 0.762. The Morgan fingerprint density at radius 1 is 1.23 bits per heavy atom. The number of rotatable bonds is 13. The summed E-state index contributed by atoms with van der Waals surface area (Å²) in [5.41, 5.74) is 0. The van der Waals surface area contributed by atoms with Gasteiger partial charge in [-0.2, -0.15) is 0 Å². The molecule has 0 bridgehead atoms. The van der Waals surface area contributed by atoms with Crippen LogP contribution < -0.4 is 0 Å². The lowest BCUT2D eigenvalue weighted by molar-refractivity contribution is -0.140. The first kappa shape index (κ1) is 22.9. The Kier molecular flexibility index (Phi) is 12.3. The molecule has 0 aromatic carbocycles. The minimum atomic E-state index is -0.568. The average molecular weight is 369 g/mol. The molecule has 5 nitrogen and oxygen atoms in total. The van der Waals surface area contributed by atoms with Crippen molar-refractivity contribution in [3.8, 4) is 0 Å². The van der Waals surface area contributed by atoms with Crippen LogP contribution in [0.3, 0.4) is 0 Å². The van der Waals surface area contributed by atoms with Gasteiger partial charge in [-0.3, -0.25) is 4.79 Å². The lowest BCUT2D eigenvalue weighted by Gasteiger charge is -2.18. The van der Waals surface area contributed by atoms with Gasteiger partial charge in [0.1, 0.15) is 0 Å². The number of esters is 1.